The summed E-state index contributed by atoms with van der Waals surface area (Å²) >= 11 is 0. The number of amides is 1. The molecule has 0 bridgehead atoms. The molecule has 0 saturated carbocycles. The van der Waals surface area contributed by atoms with Crippen molar-refractivity contribution in [2.24, 2.45) is 0 Å². The molecule has 0 unspecified atom stereocenters. The average Bonchev–Trinajstić information content (AvgIpc) is 2.67. The molecule has 0 aromatic heterocycles. The normalized spacial score (nSPS) is 15.1. The van der Waals surface area contributed by atoms with Gasteiger partial charge < -0.3 is 14.8 Å². The molecule has 1 heterocycles. The van der Waals surface area contributed by atoms with Gasteiger partial charge in [0, 0.05) is 19.1 Å². The third kappa shape index (κ3) is 4.13. The topological polar surface area (TPSA) is 50.8 Å². The summed E-state index contributed by atoms with van der Waals surface area (Å²) in [7, 11) is 3.31. The molecule has 122 valence electrons. The maximum Gasteiger partial charge on any atom is 0.234 e. The molecule has 22 heavy (non-hydrogen) atoms. The van der Waals surface area contributed by atoms with Gasteiger partial charge in [0.05, 0.1) is 20.8 Å². The van der Waals surface area contributed by atoms with E-state index in [1.54, 1.807) is 14.2 Å². The second-order valence-electron chi connectivity index (χ2n) is 5.97. The van der Waals surface area contributed by atoms with Crippen LogP contribution in [-0.2, 0) is 17.6 Å². The number of carbonyl (C=O) groups is 1. The fraction of sp³-hybridized carbons (Fsp3) is 0.588. The molecule has 1 amide bonds. The lowest BCUT2D eigenvalue weighted by Gasteiger charge is -2.19. The second kappa shape index (κ2) is 7.49. The minimum atomic E-state index is 0.0936. The summed E-state index contributed by atoms with van der Waals surface area (Å²) in [4.78, 5) is 14.1. The summed E-state index contributed by atoms with van der Waals surface area (Å²) in [5.41, 5.74) is 2.56. The van der Waals surface area contributed by atoms with Crippen molar-refractivity contribution in [2.75, 3.05) is 33.9 Å². The Kier molecular flexibility index (Phi) is 5.66. The number of hydrogen-bond acceptors (Lipinski definition) is 4. The minimum Gasteiger partial charge on any atom is -0.493 e. The lowest BCUT2D eigenvalue weighted by atomic mass is 10.0. The largest absolute Gasteiger partial charge is 0.493 e. The van der Waals surface area contributed by atoms with Crippen LogP contribution in [0.4, 0.5) is 0 Å². The number of methoxy groups -OCH3 is 2. The summed E-state index contributed by atoms with van der Waals surface area (Å²) in [5, 5.41) is 2.95. The molecular weight excluding hydrogens is 280 g/mol. The highest BCUT2D eigenvalue weighted by Crippen LogP contribution is 2.32. The summed E-state index contributed by atoms with van der Waals surface area (Å²) in [5.74, 6) is 1.63. The molecule has 1 aliphatic heterocycles. The molecule has 1 N–H and O–H groups in total. The molecular formula is C17H26N2O3. The first-order chi connectivity index (χ1) is 10.5. The molecule has 0 fully saturated rings. The second-order valence-corrected chi connectivity index (χ2v) is 5.97. The van der Waals surface area contributed by atoms with Gasteiger partial charge in [-0.1, -0.05) is 0 Å². The molecule has 1 aromatic carbocycles. The van der Waals surface area contributed by atoms with Crippen LogP contribution in [0.3, 0.4) is 0 Å². The van der Waals surface area contributed by atoms with Gasteiger partial charge >= 0.3 is 0 Å². The van der Waals surface area contributed by atoms with E-state index in [-0.39, 0.29) is 11.9 Å². The van der Waals surface area contributed by atoms with Crippen molar-refractivity contribution < 1.29 is 14.3 Å². The van der Waals surface area contributed by atoms with Gasteiger partial charge in [-0.05, 0) is 49.9 Å². The van der Waals surface area contributed by atoms with Gasteiger partial charge in [-0.15, -0.1) is 0 Å². The van der Waals surface area contributed by atoms with E-state index in [0.717, 1.165) is 37.4 Å². The first-order valence-electron chi connectivity index (χ1n) is 7.79. The molecule has 0 atom stereocenters. The number of hydrogen-bond donors (Lipinski definition) is 1. The zero-order valence-corrected chi connectivity index (χ0v) is 13.9. The number of benzene rings is 1. The van der Waals surface area contributed by atoms with Gasteiger partial charge in [-0.3, -0.25) is 9.69 Å². The van der Waals surface area contributed by atoms with Crippen molar-refractivity contribution >= 4 is 5.91 Å². The highest BCUT2D eigenvalue weighted by Gasteiger charge is 2.19. The van der Waals surface area contributed by atoms with Crippen molar-refractivity contribution in [1.29, 1.82) is 0 Å². The van der Waals surface area contributed by atoms with Crippen molar-refractivity contribution in [3.05, 3.63) is 23.3 Å². The summed E-state index contributed by atoms with van der Waals surface area (Å²) < 4.78 is 10.8. The Morgan fingerprint density at radius 3 is 2.05 bits per heavy atom. The molecule has 5 heteroatoms. The van der Waals surface area contributed by atoms with Crippen LogP contribution in [0.25, 0.3) is 0 Å². The summed E-state index contributed by atoms with van der Waals surface area (Å²) in [6.07, 6.45) is 1.84. The van der Waals surface area contributed by atoms with Crippen molar-refractivity contribution in [3.8, 4) is 11.5 Å². The van der Waals surface area contributed by atoms with Gasteiger partial charge in [0.15, 0.2) is 11.5 Å². The molecule has 0 spiro atoms. The first-order valence-corrected chi connectivity index (χ1v) is 7.79. The quantitative estimate of drug-likeness (QED) is 0.898. The van der Waals surface area contributed by atoms with E-state index in [2.05, 4.69) is 22.3 Å². The van der Waals surface area contributed by atoms with Crippen molar-refractivity contribution in [1.82, 2.24) is 10.2 Å². The number of ether oxygens (including phenoxy) is 2. The van der Waals surface area contributed by atoms with Crippen molar-refractivity contribution in [2.45, 2.75) is 32.7 Å². The summed E-state index contributed by atoms with van der Waals surface area (Å²) in [6.45, 7) is 6.19. The number of fused-ring (bicyclic) bond motifs is 1. The lowest BCUT2D eigenvalue weighted by molar-refractivity contribution is -0.122. The molecule has 1 aromatic rings. The summed E-state index contributed by atoms with van der Waals surface area (Å²) in [6, 6.07) is 4.31. The van der Waals surface area contributed by atoms with Gasteiger partial charge in [0.1, 0.15) is 0 Å². The fourth-order valence-electron chi connectivity index (χ4n) is 2.83. The number of nitrogens with one attached hydrogen (secondary N) is 1. The average molecular weight is 306 g/mol. The molecule has 0 aliphatic carbocycles. The van der Waals surface area contributed by atoms with E-state index < -0.39 is 0 Å². The molecule has 5 nitrogen and oxygen atoms in total. The van der Waals surface area contributed by atoms with E-state index in [0.29, 0.717) is 6.54 Å². The SMILES string of the molecule is COc1cc2c(cc1OC)CCN(CC(=O)NC(C)C)CC2. The Bertz CT molecular complexity index is 494. The van der Waals surface area contributed by atoms with Crippen LogP contribution < -0.4 is 14.8 Å². The lowest BCUT2D eigenvalue weighted by Crippen LogP contribution is -2.41. The molecule has 0 saturated heterocycles. The van der Waals surface area contributed by atoms with Crippen LogP contribution in [0.15, 0.2) is 12.1 Å². The van der Waals surface area contributed by atoms with Crippen LogP contribution in [-0.4, -0.2) is 50.7 Å². The third-order valence-corrected chi connectivity index (χ3v) is 3.92. The van der Waals surface area contributed by atoms with E-state index >= 15 is 0 Å². The van der Waals surface area contributed by atoms with E-state index in [1.807, 2.05) is 13.8 Å². The van der Waals surface area contributed by atoms with Gasteiger partial charge in [0.25, 0.3) is 0 Å². The van der Waals surface area contributed by atoms with E-state index in [4.69, 9.17) is 9.47 Å². The third-order valence-electron chi connectivity index (χ3n) is 3.92. The minimum absolute atomic E-state index is 0.0936. The Hall–Kier alpha value is -1.75. The van der Waals surface area contributed by atoms with Crippen LogP contribution >= 0.6 is 0 Å². The highest BCUT2D eigenvalue weighted by atomic mass is 16.5. The van der Waals surface area contributed by atoms with Gasteiger partial charge in [-0.2, -0.15) is 0 Å². The number of rotatable bonds is 5. The number of nitrogens with zero attached hydrogens (tertiary/aromatic N) is 1. The van der Waals surface area contributed by atoms with Crippen LogP contribution in [0.5, 0.6) is 11.5 Å². The fourth-order valence-corrected chi connectivity index (χ4v) is 2.83. The van der Waals surface area contributed by atoms with E-state index in [9.17, 15) is 4.79 Å². The van der Waals surface area contributed by atoms with Crippen LogP contribution in [0.1, 0.15) is 25.0 Å². The van der Waals surface area contributed by atoms with Gasteiger partial charge in [-0.25, -0.2) is 0 Å². The zero-order valence-electron chi connectivity index (χ0n) is 13.9. The predicted octanol–water partition coefficient (Wildman–Crippen LogP) is 1.63. The predicted molar refractivity (Wildman–Crippen MR) is 86.7 cm³/mol. The molecule has 1 aliphatic rings. The maximum atomic E-state index is 11.9. The molecule has 2 rings (SSSR count). The Labute approximate surface area is 132 Å². The van der Waals surface area contributed by atoms with E-state index in [1.165, 1.54) is 11.1 Å². The molecule has 0 radical (unpaired) electrons. The maximum absolute atomic E-state index is 11.9. The standard InChI is InChI=1S/C17H26N2O3/c1-12(2)18-17(20)11-19-7-5-13-9-15(21-3)16(22-4)10-14(13)6-8-19/h9-10,12H,5-8,11H2,1-4H3,(H,18,20). The van der Waals surface area contributed by atoms with Crippen molar-refractivity contribution in [3.63, 3.8) is 0 Å². The Morgan fingerprint density at radius 2 is 1.64 bits per heavy atom. The van der Waals surface area contributed by atoms with Crippen LogP contribution in [0, 0.1) is 0 Å². The number of carbonyl (C=O) groups excluding carboxylic acids is 1. The Balaban J connectivity index is 2.05. The smallest absolute Gasteiger partial charge is 0.234 e. The highest BCUT2D eigenvalue weighted by molar-refractivity contribution is 5.78. The first kappa shape index (κ1) is 16.6. The zero-order chi connectivity index (χ0) is 16.1. The monoisotopic (exact) mass is 306 g/mol. The van der Waals surface area contributed by atoms with Gasteiger partial charge in [0.2, 0.25) is 5.91 Å². The Morgan fingerprint density at radius 1 is 1.14 bits per heavy atom. The van der Waals surface area contributed by atoms with Crippen LogP contribution in [0.2, 0.25) is 0 Å².